The minimum Gasteiger partial charge on any atom is -0.459 e. The summed E-state index contributed by atoms with van der Waals surface area (Å²) in [4.78, 5) is 16.4. The molecule has 0 bridgehead atoms. The van der Waals surface area contributed by atoms with Crippen molar-refractivity contribution < 1.29 is 27.8 Å². The van der Waals surface area contributed by atoms with Crippen LogP contribution in [0.1, 0.15) is 15.9 Å². The van der Waals surface area contributed by atoms with Crippen LogP contribution >= 0.6 is 0 Å². The summed E-state index contributed by atoms with van der Waals surface area (Å²) in [5, 5.41) is 0. The fourth-order valence-electron chi connectivity index (χ4n) is 4.07. The smallest absolute Gasteiger partial charge is 0.344 e. The second-order valence-corrected chi connectivity index (χ2v) is 8.18. The first-order valence-corrected chi connectivity index (χ1v) is 11.1. The van der Waals surface area contributed by atoms with Gasteiger partial charge >= 0.3 is 5.97 Å². The molecule has 0 saturated carbocycles. The average molecular weight is 476 g/mol. The maximum absolute atomic E-state index is 13.9. The Balaban J connectivity index is 1.34. The van der Waals surface area contributed by atoms with Crippen LogP contribution in [0.4, 0.5) is 8.78 Å². The quantitative estimate of drug-likeness (QED) is 0.353. The Bertz CT molecular complexity index is 1280. The molecule has 8 heteroatoms. The van der Waals surface area contributed by atoms with E-state index in [1.165, 1.54) is 6.07 Å². The number of aromatic nitrogens is 2. The molecule has 0 unspecified atom stereocenters. The monoisotopic (exact) mass is 476 g/mol. The summed E-state index contributed by atoms with van der Waals surface area (Å²) in [7, 11) is 0. The SMILES string of the molecule is O=C(OC[C@H]1CO[C@](Cn2ccnc2)(c2ccc(-c3ccccc3)cc2)O1)c1c(F)cccc1F. The number of hydrogen-bond acceptors (Lipinski definition) is 5. The molecule has 1 fully saturated rings. The van der Waals surface area contributed by atoms with Crippen molar-refractivity contribution in [3.05, 3.63) is 114 Å². The van der Waals surface area contributed by atoms with Crippen molar-refractivity contribution in [1.29, 1.82) is 0 Å². The van der Waals surface area contributed by atoms with E-state index in [1.807, 2.05) is 59.2 Å². The first-order chi connectivity index (χ1) is 17.0. The molecule has 0 N–H and O–H groups in total. The fraction of sp³-hybridized carbons (Fsp3) is 0.185. The summed E-state index contributed by atoms with van der Waals surface area (Å²) in [6.07, 6.45) is 4.47. The summed E-state index contributed by atoms with van der Waals surface area (Å²) in [6.45, 7) is 0.215. The van der Waals surface area contributed by atoms with Crippen LogP contribution in [0.25, 0.3) is 11.1 Å². The van der Waals surface area contributed by atoms with E-state index >= 15 is 0 Å². The van der Waals surface area contributed by atoms with Gasteiger partial charge < -0.3 is 18.8 Å². The fourth-order valence-corrected chi connectivity index (χ4v) is 4.07. The van der Waals surface area contributed by atoms with Gasteiger partial charge in [-0.05, 0) is 23.3 Å². The molecule has 0 aliphatic carbocycles. The van der Waals surface area contributed by atoms with Gasteiger partial charge in [0.05, 0.1) is 19.5 Å². The van der Waals surface area contributed by atoms with E-state index in [4.69, 9.17) is 14.2 Å². The van der Waals surface area contributed by atoms with E-state index in [2.05, 4.69) is 4.98 Å². The van der Waals surface area contributed by atoms with Gasteiger partial charge in [-0.3, -0.25) is 0 Å². The largest absolute Gasteiger partial charge is 0.459 e. The number of benzene rings is 3. The van der Waals surface area contributed by atoms with Crippen molar-refractivity contribution in [3.63, 3.8) is 0 Å². The number of carbonyl (C=O) groups excluding carboxylic acids is 1. The highest BCUT2D eigenvalue weighted by atomic mass is 19.1. The number of nitrogens with zero attached hydrogens (tertiary/aromatic N) is 2. The molecule has 6 nitrogen and oxygen atoms in total. The molecule has 2 heterocycles. The lowest BCUT2D eigenvalue weighted by molar-refractivity contribution is -0.190. The third-order valence-corrected chi connectivity index (χ3v) is 5.81. The summed E-state index contributed by atoms with van der Waals surface area (Å²) in [5.74, 6) is -4.21. The molecule has 0 spiro atoms. The van der Waals surface area contributed by atoms with Crippen LogP contribution in [0.2, 0.25) is 0 Å². The molecule has 0 amide bonds. The third kappa shape index (κ3) is 4.84. The van der Waals surface area contributed by atoms with Crippen LogP contribution in [-0.2, 0) is 26.5 Å². The Kier molecular flexibility index (Phi) is 6.39. The van der Waals surface area contributed by atoms with Crippen molar-refractivity contribution in [2.24, 2.45) is 0 Å². The lowest BCUT2D eigenvalue weighted by Gasteiger charge is -2.29. The number of ether oxygens (including phenoxy) is 3. The van der Waals surface area contributed by atoms with Crippen LogP contribution < -0.4 is 0 Å². The lowest BCUT2D eigenvalue weighted by atomic mass is 10.00. The minimum atomic E-state index is -1.16. The summed E-state index contributed by atoms with van der Waals surface area (Å²) >= 11 is 0. The molecule has 1 aromatic heterocycles. The summed E-state index contributed by atoms with van der Waals surface area (Å²) < 4.78 is 47.2. The van der Waals surface area contributed by atoms with Gasteiger partial charge in [-0.25, -0.2) is 18.6 Å². The van der Waals surface area contributed by atoms with E-state index in [-0.39, 0.29) is 13.2 Å². The van der Waals surface area contributed by atoms with Gasteiger partial charge in [0, 0.05) is 18.0 Å². The standard InChI is InChI=1S/C27H22F2N2O4/c28-23-7-4-8-24(29)25(23)26(32)33-15-22-16-34-27(35-22,17-31-14-13-30-18-31)21-11-9-20(10-12-21)19-5-2-1-3-6-19/h1-14,18,22H,15-17H2/t22-,27-/m0/s1. The molecule has 2 atom stereocenters. The summed E-state index contributed by atoms with van der Waals surface area (Å²) in [6, 6.07) is 21.0. The number of carbonyl (C=O) groups is 1. The van der Waals surface area contributed by atoms with Crippen molar-refractivity contribution in [2.45, 2.75) is 18.4 Å². The molecule has 178 valence electrons. The Hall–Kier alpha value is -3.88. The number of esters is 1. The molecule has 1 saturated heterocycles. The van der Waals surface area contributed by atoms with Crippen molar-refractivity contribution in [2.75, 3.05) is 13.2 Å². The van der Waals surface area contributed by atoms with Gasteiger partial charge in [-0.1, -0.05) is 60.7 Å². The highest BCUT2D eigenvalue weighted by Gasteiger charge is 2.44. The molecule has 4 aromatic rings. The van der Waals surface area contributed by atoms with Gasteiger partial charge in [0.1, 0.15) is 29.9 Å². The van der Waals surface area contributed by atoms with Crippen molar-refractivity contribution >= 4 is 5.97 Å². The topological polar surface area (TPSA) is 62.6 Å². The van der Waals surface area contributed by atoms with Gasteiger partial charge in [0.25, 0.3) is 0 Å². The van der Waals surface area contributed by atoms with Crippen LogP contribution in [-0.4, -0.2) is 34.8 Å². The predicted molar refractivity (Wildman–Crippen MR) is 123 cm³/mol. The summed E-state index contributed by atoms with van der Waals surface area (Å²) in [5.41, 5.74) is 2.18. The second-order valence-electron chi connectivity index (χ2n) is 8.18. The first kappa shape index (κ1) is 22.9. The van der Waals surface area contributed by atoms with Gasteiger partial charge in [0.2, 0.25) is 5.79 Å². The van der Waals surface area contributed by atoms with Crippen LogP contribution in [0.15, 0.2) is 91.5 Å². The number of hydrogen-bond donors (Lipinski definition) is 0. The van der Waals surface area contributed by atoms with Gasteiger partial charge in [0.15, 0.2) is 0 Å². The lowest BCUT2D eigenvalue weighted by Crippen LogP contribution is -2.34. The Morgan fingerprint density at radius 1 is 1.00 bits per heavy atom. The van der Waals surface area contributed by atoms with E-state index in [9.17, 15) is 13.6 Å². The van der Waals surface area contributed by atoms with Gasteiger partial charge in [-0.15, -0.1) is 0 Å². The number of halogens is 2. The molecule has 1 aliphatic rings. The van der Waals surface area contributed by atoms with E-state index < -0.39 is 35.1 Å². The average Bonchev–Trinajstić information content (AvgIpc) is 3.54. The maximum atomic E-state index is 13.9. The molecular weight excluding hydrogens is 454 g/mol. The molecule has 1 aliphatic heterocycles. The van der Waals surface area contributed by atoms with Crippen molar-refractivity contribution in [3.8, 4) is 11.1 Å². The van der Waals surface area contributed by atoms with Crippen molar-refractivity contribution in [1.82, 2.24) is 9.55 Å². The van der Waals surface area contributed by atoms with Crippen LogP contribution in [0, 0.1) is 11.6 Å². The molecule has 35 heavy (non-hydrogen) atoms. The molecular formula is C27H22F2N2O4. The van der Waals surface area contributed by atoms with Crippen LogP contribution in [0.5, 0.6) is 0 Å². The zero-order valence-electron chi connectivity index (χ0n) is 18.6. The zero-order valence-corrected chi connectivity index (χ0v) is 18.6. The molecule has 0 radical (unpaired) electrons. The third-order valence-electron chi connectivity index (χ3n) is 5.81. The number of imidazole rings is 1. The second kappa shape index (κ2) is 9.77. The van der Waals surface area contributed by atoms with Crippen LogP contribution in [0.3, 0.4) is 0 Å². The Labute approximate surface area is 200 Å². The number of rotatable bonds is 7. The van der Waals surface area contributed by atoms with E-state index in [1.54, 1.807) is 18.7 Å². The minimum absolute atomic E-state index is 0.127. The normalized spacial score (nSPS) is 19.5. The highest BCUT2D eigenvalue weighted by molar-refractivity contribution is 5.90. The molecule has 5 rings (SSSR count). The maximum Gasteiger partial charge on any atom is 0.344 e. The Morgan fingerprint density at radius 3 is 2.40 bits per heavy atom. The predicted octanol–water partition coefficient (Wildman–Crippen LogP) is 4.95. The van der Waals surface area contributed by atoms with E-state index in [0.717, 1.165) is 28.8 Å². The molecule has 3 aromatic carbocycles. The zero-order chi connectivity index (χ0) is 24.3. The van der Waals surface area contributed by atoms with Gasteiger partial charge in [-0.2, -0.15) is 0 Å². The first-order valence-electron chi connectivity index (χ1n) is 11.1. The van der Waals surface area contributed by atoms with E-state index in [0.29, 0.717) is 6.54 Å². The highest BCUT2D eigenvalue weighted by Crippen LogP contribution is 2.37. The Morgan fingerprint density at radius 2 is 1.71 bits per heavy atom.